The Morgan fingerprint density at radius 1 is 0.706 bits per heavy atom. The predicted molar refractivity (Wildman–Crippen MR) is 84.0 cm³/mol. The van der Waals surface area contributed by atoms with Crippen LogP contribution in [0.25, 0.3) is 0 Å². The second-order valence-electron chi connectivity index (χ2n) is 3.91. The number of rotatable bonds is 4. The van der Waals surface area contributed by atoms with E-state index in [9.17, 15) is 0 Å². The van der Waals surface area contributed by atoms with E-state index in [1.165, 1.54) is 0 Å². The molecule has 4 unspecified atom stereocenters. The Morgan fingerprint density at radius 3 is 0.824 bits per heavy atom. The van der Waals surface area contributed by atoms with Crippen LogP contribution in [0.4, 0.5) is 0 Å². The van der Waals surface area contributed by atoms with Crippen LogP contribution in [0.2, 0.25) is 0 Å². The summed E-state index contributed by atoms with van der Waals surface area (Å²) in [6, 6.07) is 0. The van der Waals surface area contributed by atoms with Gasteiger partial charge in [0.25, 0.3) is 0 Å². The Bertz CT molecular complexity index is 109. The van der Waals surface area contributed by atoms with Gasteiger partial charge in [-0.05, 0) is 40.5 Å². The zero-order valence-electron chi connectivity index (χ0n) is 10.6. The topological polar surface area (TPSA) is 80.9 Å². The molecule has 7 heteroatoms. The van der Waals surface area contributed by atoms with Crippen LogP contribution in [0.15, 0.2) is 0 Å². The minimum absolute atomic E-state index is 0.375. The quantitative estimate of drug-likeness (QED) is 0.350. The van der Waals surface area contributed by atoms with Gasteiger partial charge < -0.3 is 20.4 Å². The Balaban J connectivity index is -0.000000188. The van der Waals surface area contributed by atoms with E-state index >= 15 is 0 Å². The summed E-state index contributed by atoms with van der Waals surface area (Å²) in [5.74, 6) is 0. The maximum atomic E-state index is 8.56. The third-order valence-electron chi connectivity index (χ3n) is 1.36. The number of aliphatic hydroxyl groups excluding tert-OH is 4. The Kier molecular flexibility index (Phi) is 25.4. The standard InChI is InChI=1S/2C5H12O2.2HI.Pt/c2*1-4(6)3-5(2)7;;;/h2*4-7H,3H2,1-2H3;2*1H;/q;;;;+2/p-2. The summed E-state index contributed by atoms with van der Waals surface area (Å²) in [5.41, 5.74) is 0. The number of aliphatic hydroxyl groups is 4. The normalized spacial score (nSPS) is 16.8. The van der Waals surface area contributed by atoms with Crippen molar-refractivity contribution in [2.45, 2.75) is 65.0 Å². The SMILES string of the molecule is CC(O)CC(C)O.CC(O)CC(C)O.[I][Pt][I]. The van der Waals surface area contributed by atoms with Crippen molar-refractivity contribution >= 4 is 38.7 Å². The zero-order valence-corrected chi connectivity index (χ0v) is 17.2. The van der Waals surface area contributed by atoms with E-state index in [0.29, 0.717) is 24.0 Å². The number of halogens is 2. The molecule has 0 amide bonds. The van der Waals surface area contributed by atoms with Crippen LogP contribution in [-0.4, -0.2) is 44.8 Å². The third kappa shape index (κ3) is 46.1. The molecule has 0 aliphatic heterocycles. The summed E-state index contributed by atoms with van der Waals surface area (Å²) in [5, 5.41) is 34.3. The van der Waals surface area contributed by atoms with E-state index in [1.807, 2.05) is 0 Å². The first-order chi connectivity index (χ1) is 7.67. The maximum absolute atomic E-state index is 8.56. The van der Waals surface area contributed by atoms with Crippen molar-refractivity contribution in [3.05, 3.63) is 0 Å². The molecule has 0 saturated heterocycles. The van der Waals surface area contributed by atoms with Crippen LogP contribution in [-0.2, 0) is 11.2 Å². The van der Waals surface area contributed by atoms with Crippen molar-refractivity contribution in [2.75, 3.05) is 0 Å². The van der Waals surface area contributed by atoms with Crippen molar-refractivity contribution < 1.29 is 31.6 Å². The van der Waals surface area contributed by atoms with Gasteiger partial charge in [-0.25, -0.2) is 0 Å². The average Bonchev–Trinajstić information content (AvgIpc) is 1.99. The zero-order chi connectivity index (χ0) is 14.4. The molecule has 112 valence electrons. The van der Waals surface area contributed by atoms with Crippen LogP contribution < -0.4 is 0 Å². The molecule has 0 radical (unpaired) electrons. The molecule has 0 aromatic rings. The first kappa shape index (κ1) is 24.0. The Morgan fingerprint density at radius 2 is 0.824 bits per heavy atom. The van der Waals surface area contributed by atoms with Gasteiger partial charge in [0.05, 0.1) is 24.4 Å². The van der Waals surface area contributed by atoms with Crippen molar-refractivity contribution in [2.24, 2.45) is 0 Å². The van der Waals surface area contributed by atoms with Gasteiger partial charge in [0, 0.05) is 0 Å². The van der Waals surface area contributed by atoms with Crippen LogP contribution in [0, 0.1) is 0 Å². The van der Waals surface area contributed by atoms with Gasteiger partial charge in [0.15, 0.2) is 0 Å². The summed E-state index contributed by atoms with van der Waals surface area (Å²) in [6.07, 6.45) is -0.556. The van der Waals surface area contributed by atoms with E-state index in [2.05, 4.69) is 38.7 Å². The van der Waals surface area contributed by atoms with Crippen molar-refractivity contribution in [1.82, 2.24) is 0 Å². The van der Waals surface area contributed by atoms with Crippen LogP contribution in [0.1, 0.15) is 40.5 Å². The van der Waals surface area contributed by atoms with E-state index in [4.69, 9.17) is 20.4 Å². The summed E-state index contributed by atoms with van der Waals surface area (Å²) in [6.45, 7) is 6.64. The number of hydrogen-bond donors (Lipinski definition) is 4. The predicted octanol–water partition coefficient (Wildman–Crippen LogP) is 2.05. The second-order valence-corrected chi connectivity index (χ2v) is 20.5. The molecule has 0 saturated carbocycles. The van der Waals surface area contributed by atoms with E-state index in [0.717, 1.165) is 0 Å². The van der Waals surface area contributed by atoms with Gasteiger partial charge in [-0.1, -0.05) is 0 Å². The van der Waals surface area contributed by atoms with Gasteiger partial charge in [-0.2, -0.15) is 0 Å². The Hall–Kier alpha value is 1.99. The van der Waals surface area contributed by atoms with Crippen LogP contribution in [0.3, 0.4) is 0 Å². The molecule has 0 heterocycles. The van der Waals surface area contributed by atoms with Crippen LogP contribution >= 0.6 is 38.7 Å². The average molecular weight is 657 g/mol. The molecule has 17 heavy (non-hydrogen) atoms. The first-order valence-electron chi connectivity index (χ1n) is 5.21. The molecular weight excluding hydrogens is 633 g/mol. The fourth-order valence-electron chi connectivity index (χ4n) is 0.987. The molecular formula is C10H24I2O4Pt. The molecule has 0 aliphatic carbocycles. The van der Waals surface area contributed by atoms with E-state index in [-0.39, 0.29) is 24.4 Å². The van der Waals surface area contributed by atoms with Crippen molar-refractivity contribution in [1.29, 1.82) is 0 Å². The van der Waals surface area contributed by atoms with E-state index < -0.39 is 0 Å². The van der Waals surface area contributed by atoms with Crippen molar-refractivity contribution in [3.63, 3.8) is 0 Å². The molecule has 0 spiro atoms. The van der Waals surface area contributed by atoms with Gasteiger partial charge in [0.2, 0.25) is 0 Å². The monoisotopic (exact) mass is 657 g/mol. The fraction of sp³-hybridized carbons (Fsp3) is 1.00. The molecule has 4 nitrogen and oxygen atoms in total. The Labute approximate surface area is 134 Å². The molecule has 4 N–H and O–H groups in total. The fourth-order valence-corrected chi connectivity index (χ4v) is 0.987. The molecule has 4 atom stereocenters. The summed E-state index contributed by atoms with van der Waals surface area (Å²) in [7, 11) is 0. The number of hydrogen-bond acceptors (Lipinski definition) is 4. The summed E-state index contributed by atoms with van der Waals surface area (Å²) in [4.78, 5) is 0. The summed E-state index contributed by atoms with van der Waals surface area (Å²) >= 11 is 5.30. The van der Waals surface area contributed by atoms with Gasteiger partial charge in [-0.3, -0.25) is 0 Å². The molecule has 0 fully saturated rings. The van der Waals surface area contributed by atoms with Crippen molar-refractivity contribution in [3.8, 4) is 0 Å². The van der Waals surface area contributed by atoms with Gasteiger partial charge >= 0.3 is 49.9 Å². The molecule has 0 rings (SSSR count). The van der Waals surface area contributed by atoms with Gasteiger partial charge in [0.1, 0.15) is 0 Å². The van der Waals surface area contributed by atoms with Crippen LogP contribution in [0.5, 0.6) is 0 Å². The van der Waals surface area contributed by atoms with Gasteiger partial charge in [-0.15, -0.1) is 0 Å². The first-order valence-corrected chi connectivity index (χ1v) is 18.1. The molecule has 0 aliphatic rings. The molecule has 0 bridgehead atoms. The minimum atomic E-state index is -0.375. The molecule has 0 aromatic carbocycles. The summed E-state index contributed by atoms with van der Waals surface area (Å²) < 4.78 is 0. The van der Waals surface area contributed by atoms with E-state index in [1.54, 1.807) is 27.7 Å². The molecule has 0 aromatic heterocycles. The third-order valence-corrected chi connectivity index (χ3v) is 1.36. The second kappa shape index (κ2) is 18.0.